The lowest BCUT2D eigenvalue weighted by molar-refractivity contribution is 0.423. The molecule has 0 saturated heterocycles. The molecule has 0 aromatic heterocycles. The van der Waals surface area contributed by atoms with E-state index in [4.69, 9.17) is 0 Å². The lowest BCUT2D eigenvalue weighted by atomic mass is 10.1. The van der Waals surface area contributed by atoms with Crippen molar-refractivity contribution in [3.05, 3.63) is 0 Å². The van der Waals surface area contributed by atoms with Crippen molar-refractivity contribution in [1.82, 2.24) is 0 Å². The summed E-state index contributed by atoms with van der Waals surface area (Å²) in [6.45, 7) is 6.13. The zero-order chi connectivity index (χ0) is 12.3. The monoisotopic (exact) mass is 243 g/mol. The standard InChI is InChI=1S/C14H31OSi/c1-4-5-6-7-8-9-10-11-12-13-14-16(2,3)15/h4-14H2,1-3H3. The number of hydrogen-bond donors (Lipinski definition) is 0. The highest BCUT2D eigenvalue weighted by Gasteiger charge is 2.18. The molecule has 1 nitrogen and oxygen atoms in total. The Morgan fingerprint density at radius 3 is 1.44 bits per heavy atom. The van der Waals surface area contributed by atoms with E-state index in [-0.39, 0.29) is 0 Å². The first-order valence-electron chi connectivity index (χ1n) is 7.26. The van der Waals surface area contributed by atoms with Gasteiger partial charge in [0.05, 0.1) is 0 Å². The molecule has 2 heteroatoms. The highest BCUT2D eigenvalue weighted by atomic mass is 28.4. The van der Waals surface area contributed by atoms with E-state index in [2.05, 4.69) is 6.92 Å². The third-order valence-electron chi connectivity index (χ3n) is 3.13. The molecule has 0 saturated carbocycles. The van der Waals surface area contributed by atoms with E-state index in [9.17, 15) is 4.80 Å². The van der Waals surface area contributed by atoms with E-state index in [0.717, 1.165) is 6.04 Å². The molecule has 0 aliphatic rings. The van der Waals surface area contributed by atoms with E-state index in [1.165, 1.54) is 64.2 Å². The molecular formula is C14H31OSi. The fourth-order valence-electron chi connectivity index (χ4n) is 2.04. The van der Waals surface area contributed by atoms with Crippen molar-refractivity contribution in [2.45, 2.75) is 90.3 Å². The summed E-state index contributed by atoms with van der Waals surface area (Å²) >= 11 is 0. The van der Waals surface area contributed by atoms with Gasteiger partial charge < -0.3 is 0 Å². The second-order valence-electron chi connectivity index (χ2n) is 5.69. The Bertz CT molecular complexity index is 140. The molecule has 97 valence electrons. The zero-order valence-electron chi connectivity index (χ0n) is 11.7. The second kappa shape index (κ2) is 10.3. The van der Waals surface area contributed by atoms with Crippen LogP contribution in [0.5, 0.6) is 0 Å². The maximum Gasteiger partial charge on any atom is 0.231 e. The molecule has 16 heavy (non-hydrogen) atoms. The molecule has 0 N–H and O–H groups in total. The Labute approximate surface area is 104 Å². The molecule has 0 fully saturated rings. The summed E-state index contributed by atoms with van der Waals surface area (Å²) in [4.78, 5) is 11.5. The van der Waals surface area contributed by atoms with E-state index in [1.54, 1.807) is 0 Å². The van der Waals surface area contributed by atoms with Crippen LogP contribution in [0.4, 0.5) is 0 Å². The normalized spacial score (nSPS) is 12.0. The van der Waals surface area contributed by atoms with Gasteiger partial charge in [0, 0.05) is 0 Å². The first-order valence-corrected chi connectivity index (χ1v) is 10.4. The molecule has 1 radical (unpaired) electrons. The first-order chi connectivity index (χ1) is 7.56. The molecule has 0 amide bonds. The minimum atomic E-state index is -2.00. The highest BCUT2D eigenvalue weighted by molar-refractivity contribution is 6.69. The van der Waals surface area contributed by atoms with Crippen molar-refractivity contribution in [2.75, 3.05) is 0 Å². The van der Waals surface area contributed by atoms with Gasteiger partial charge in [-0.25, -0.2) is 0 Å². The van der Waals surface area contributed by atoms with Crippen LogP contribution >= 0.6 is 0 Å². The van der Waals surface area contributed by atoms with Crippen LogP contribution in [0.2, 0.25) is 19.1 Å². The molecule has 0 unspecified atom stereocenters. The van der Waals surface area contributed by atoms with Crippen molar-refractivity contribution in [2.24, 2.45) is 0 Å². The van der Waals surface area contributed by atoms with Gasteiger partial charge >= 0.3 is 0 Å². The largest absolute Gasteiger partial charge is 0.298 e. The molecule has 0 aromatic rings. The summed E-state index contributed by atoms with van der Waals surface area (Å²) in [6, 6.07) is 0.976. The molecular weight excluding hydrogens is 212 g/mol. The molecule has 0 rings (SSSR count). The smallest absolute Gasteiger partial charge is 0.231 e. The van der Waals surface area contributed by atoms with Crippen LogP contribution in [0.1, 0.15) is 71.1 Å². The van der Waals surface area contributed by atoms with Gasteiger partial charge in [-0.15, -0.1) is 0 Å². The van der Waals surface area contributed by atoms with E-state index >= 15 is 0 Å². The van der Waals surface area contributed by atoms with Crippen LogP contribution in [-0.4, -0.2) is 8.32 Å². The number of hydrogen-bond acceptors (Lipinski definition) is 0. The van der Waals surface area contributed by atoms with E-state index in [1.807, 2.05) is 13.1 Å². The minimum Gasteiger partial charge on any atom is -0.298 e. The quantitative estimate of drug-likeness (QED) is 0.335. The Morgan fingerprint density at radius 2 is 1.06 bits per heavy atom. The summed E-state index contributed by atoms with van der Waals surface area (Å²) < 4.78 is 0. The molecule has 0 heterocycles. The molecule has 0 atom stereocenters. The van der Waals surface area contributed by atoms with Crippen LogP contribution in [0.25, 0.3) is 0 Å². The van der Waals surface area contributed by atoms with Crippen LogP contribution in [-0.2, 0) is 4.80 Å². The topological polar surface area (TPSA) is 19.9 Å². The van der Waals surface area contributed by atoms with Crippen LogP contribution in [0.3, 0.4) is 0 Å². The van der Waals surface area contributed by atoms with Gasteiger partial charge in [-0.1, -0.05) is 71.1 Å². The van der Waals surface area contributed by atoms with Crippen molar-refractivity contribution >= 4 is 8.32 Å². The minimum absolute atomic E-state index is 0.976. The summed E-state index contributed by atoms with van der Waals surface area (Å²) in [7, 11) is -2.00. The predicted octanol–water partition coefficient (Wildman–Crippen LogP) is 5.54. The molecule has 0 aliphatic carbocycles. The summed E-state index contributed by atoms with van der Waals surface area (Å²) in [5, 5.41) is 0. The lowest BCUT2D eigenvalue weighted by Gasteiger charge is -2.09. The fourth-order valence-corrected chi connectivity index (χ4v) is 3.14. The molecule has 0 aromatic carbocycles. The van der Waals surface area contributed by atoms with Crippen molar-refractivity contribution in [3.8, 4) is 0 Å². The van der Waals surface area contributed by atoms with Gasteiger partial charge in [0.1, 0.15) is 0 Å². The summed E-state index contributed by atoms with van der Waals surface area (Å²) in [5.74, 6) is 0. The van der Waals surface area contributed by atoms with Gasteiger partial charge in [-0.05, 0) is 19.1 Å². The van der Waals surface area contributed by atoms with Crippen molar-refractivity contribution < 1.29 is 4.80 Å². The first kappa shape index (κ1) is 16.2. The Morgan fingerprint density at radius 1 is 0.688 bits per heavy atom. The lowest BCUT2D eigenvalue weighted by Crippen LogP contribution is -2.21. The maximum absolute atomic E-state index is 11.5. The van der Waals surface area contributed by atoms with Gasteiger partial charge in [0.25, 0.3) is 0 Å². The average Bonchev–Trinajstić information content (AvgIpc) is 2.19. The summed E-state index contributed by atoms with van der Waals surface area (Å²) in [5.41, 5.74) is 0. The van der Waals surface area contributed by atoms with Crippen molar-refractivity contribution in [3.63, 3.8) is 0 Å². The molecule has 0 bridgehead atoms. The second-order valence-corrected chi connectivity index (χ2v) is 9.71. The van der Waals surface area contributed by atoms with Gasteiger partial charge in [0.2, 0.25) is 8.32 Å². The van der Waals surface area contributed by atoms with Crippen molar-refractivity contribution in [1.29, 1.82) is 0 Å². The average molecular weight is 243 g/mol. The Balaban J connectivity index is 2.99. The van der Waals surface area contributed by atoms with Gasteiger partial charge in [-0.3, -0.25) is 4.80 Å². The molecule has 0 spiro atoms. The van der Waals surface area contributed by atoms with Crippen LogP contribution in [0.15, 0.2) is 0 Å². The third-order valence-corrected chi connectivity index (χ3v) is 4.69. The van der Waals surface area contributed by atoms with Gasteiger partial charge in [0.15, 0.2) is 0 Å². The molecule has 0 aliphatic heterocycles. The number of rotatable bonds is 11. The highest BCUT2D eigenvalue weighted by Crippen LogP contribution is 2.15. The fraction of sp³-hybridized carbons (Fsp3) is 1.00. The van der Waals surface area contributed by atoms with E-state index < -0.39 is 8.32 Å². The predicted molar refractivity (Wildman–Crippen MR) is 74.8 cm³/mol. The zero-order valence-corrected chi connectivity index (χ0v) is 12.7. The van der Waals surface area contributed by atoms with Crippen LogP contribution < -0.4 is 0 Å². The maximum atomic E-state index is 11.5. The van der Waals surface area contributed by atoms with Crippen LogP contribution in [0, 0.1) is 0 Å². The summed E-state index contributed by atoms with van der Waals surface area (Å²) in [6.07, 6.45) is 13.6. The van der Waals surface area contributed by atoms with Gasteiger partial charge in [-0.2, -0.15) is 0 Å². The SMILES string of the molecule is CCCCCCCCCCCC[Si](C)(C)[O]. The number of unbranched alkanes of at least 4 members (excludes halogenated alkanes) is 9. The Kier molecular flexibility index (Phi) is 10.5. The Hall–Kier alpha value is 0.177. The third kappa shape index (κ3) is 14.2. The van der Waals surface area contributed by atoms with E-state index in [0.29, 0.717) is 0 Å².